The van der Waals surface area contributed by atoms with Crippen LogP contribution >= 0.6 is 15.9 Å². The van der Waals surface area contributed by atoms with E-state index in [4.69, 9.17) is 14.6 Å². The Labute approximate surface area is 218 Å². The summed E-state index contributed by atoms with van der Waals surface area (Å²) in [5.41, 5.74) is 2.48. The number of aromatic nitrogens is 1. The Bertz CT molecular complexity index is 1270. The number of carbonyl (C=O) groups excluding carboxylic acids is 1. The first kappa shape index (κ1) is 26.1. The van der Waals surface area contributed by atoms with E-state index >= 15 is 0 Å². The summed E-state index contributed by atoms with van der Waals surface area (Å²) in [6, 6.07) is 3.53. The van der Waals surface area contributed by atoms with Crippen LogP contribution < -0.4 is 25.2 Å². The van der Waals surface area contributed by atoms with Crippen LogP contribution in [0.5, 0.6) is 11.5 Å². The number of fused-ring (bicyclic) bond motifs is 1. The average Bonchev–Trinajstić information content (AvgIpc) is 3.14. The summed E-state index contributed by atoms with van der Waals surface area (Å²) in [5.74, 6) is 0.179. The number of carboxylic acid groups (broad SMARTS) is 1. The molecule has 2 amide bonds. The number of carbonyl (C=O) groups is 2. The maximum Gasteiger partial charge on any atom is 0.404 e. The van der Waals surface area contributed by atoms with Crippen LogP contribution in [0.15, 0.2) is 21.4 Å². The summed E-state index contributed by atoms with van der Waals surface area (Å²) < 4.78 is 13.2. The van der Waals surface area contributed by atoms with E-state index in [2.05, 4.69) is 26.2 Å². The van der Waals surface area contributed by atoms with E-state index < -0.39 is 11.9 Å². The van der Waals surface area contributed by atoms with Gasteiger partial charge in [0, 0.05) is 43.3 Å². The van der Waals surface area contributed by atoms with Gasteiger partial charge < -0.3 is 29.8 Å². The van der Waals surface area contributed by atoms with Crippen LogP contribution in [-0.2, 0) is 0 Å². The Morgan fingerprint density at radius 1 is 1.17 bits per heavy atom. The lowest BCUT2D eigenvalue weighted by atomic mass is 9.82. The van der Waals surface area contributed by atoms with Gasteiger partial charge in [-0.1, -0.05) is 0 Å². The van der Waals surface area contributed by atoms with Crippen molar-refractivity contribution in [3.05, 3.63) is 49.3 Å². The largest absolute Gasteiger partial charge is 0.465 e. The fourth-order valence-corrected chi connectivity index (χ4v) is 5.92. The van der Waals surface area contributed by atoms with Crippen LogP contribution in [0.2, 0.25) is 0 Å². The summed E-state index contributed by atoms with van der Waals surface area (Å²) in [5, 5.41) is 11.5. The highest BCUT2D eigenvalue weighted by atomic mass is 79.9. The van der Waals surface area contributed by atoms with Crippen LogP contribution in [-0.4, -0.2) is 41.0 Å². The Hall–Kier alpha value is -3.01. The number of pyridine rings is 1. The topological polar surface area (TPSA) is 121 Å². The molecule has 1 aliphatic heterocycles. The van der Waals surface area contributed by atoms with E-state index in [1.807, 2.05) is 19.9 Å². The minimum absolute atomic E-state index is 0.0134. The van der Waals surface area contributed by atoms with E-state index in [9.17, 15) is 14.4 Å². The van der Waals surface area contributed by atoms with Gasteiger partial charge in [-0.25, -0.2) is 4.79 Å². The minimum Gasteiger partial charge on any atom is -0.465 e. The Morgan fingerprint density at radius 3 is 2.42 bits per heavy atom. The molecule has 1 saturated carbocycles. The van der Waals surface area contributed by atoms with Gasteiger partial charge in [0.05, 0.1) is 4.47 Å². The molecular weight excluding hydrogens is 530 g/mol. The number of anilines is 1. The zero-order valence-electron chi connectivity index (χ0n) is 21.2. The van der Waals surface area contributed by atoms with Gasteiger partial charge in [-0.3, -0.25) is 9.59 Å². The maximum absolute atomic E-state index is 13.5. The number of ether oxygens (including phenoxy) is 2. The molecule has 3 N–H and O–H groups in total. The number of aryl methyl sites for hydroxylation is 2. The smallest absolute Gasteiger partial charge is 0.404 e. The van der Waals surface area contributed by atoms with Crippen molar-refractivity contribution in [3.8, 4) is 11.5 Å². The SMILES string of the molecule is Cc1cc(C)c(N(C)C(=O)c2cc(Br)c3c(c2C)OC(C)(C[C@H]2CC[C@@H](NC(=O)O)CC2)O3)c(=O)[nH]1. The van der Waals surface area contributed by atoms with E-state index in [1.54, 1.807) is 27.0 Å². The zero-order valence-corrected chi connectivity index (χ0v) is 22.7. The molecule has 2 heterocycles. The van der Waals surface area contributed by atoms with Crippen molar-refractivity contribution in [1.29, 1.82) is 0 Å². The van der Waals surface area contributed by atoms with Crippen molar-refractivity contribution in [3.63, 3.8) is 0 Å². The second kappa shape index (κ2) is 9.80. The molecule has 1 aromatic carbocycles. The molecule has 1 aromatic heterocycles. The van der Waals surface area contributed by atoms with Crippen molar-refractivity contribution in [2.45, 2.75) is 71.6 Å². The normalized spacial score (nSPS) is 22.8. The standard InChI is InChI=1S/C26H32BrN3O6/c1-13-10-14(2)28-23(31)20(13)30(5)24(32)18-11-19(27)22-21(15(18)3)35-26(4,36-22)12-16-6-8-17(9-7-16)29-25(33)34/h10-11,16-17,29H,6-9,12H2,1-5H3,(H,28,31)(H,33,34)/t16-,17+,26?. The fraction of sp³-hybridized carbons (Fsp3) is 0.500. The molecule has 194 valence electrons. The summed E-state index contributed by atoms with van der Waals surface area (Å²) >= 11 is 3.54. The second-order valence-corrected chi connectivity index (χ2v) is 10.9. The van der Waals surface area contributed by atoms with Gasteiger partial charge in [-0.2, -0.15) is 0 Å². The molecular formula is C26H32BrN3O6. The maximum atomic E-state index is 13.5. The second-order valence-electron chi connectivity index (χ2n) is 10.1. The van der Waals surface area contributed by atoms with Crippen LogP contribution in [0.4, 0.5) is 10.5 Å². The molecule has 2 aliphatic rings. The summed E-state index contributed by atoms with van der Waals surface area (Å²) in [6.45, 7) is 7.31. The molecule has 2 aromatic rings. The number of halogens is 1. The Kier molecular flexibility index (Phi) is 7.10. The van der Waals surface area contributed by atoms with Gasteiger partial charge in [0.2, 0.25) is 5.79 Å². The molecule has 0 radical (unpaired) electrons. The molecule has 36 heavy (non-hydrogen) atoms. The monoisotopic (exact) mass is 561 g/mol. The number of rotatable bonds is 5. The van der Waals surface area contributed by atoms with Crippen molar-refractivity contribution in [2.75, 3.05) is 11.9 Å². The van der Waals surface area contributed by atoms with Gasteiger partial charge in [-0.15, -0.1) is 0 Å². The first-order valence-electron chi connectivity index (χ1n) is 12.1. The number of amides is 2. The Morgan fingerprint density at radius 2 is 1.81 bits per heavy atom. The molecule has 4 rings (SSSR count). The highest BCUT2D eigenvalue weighted by molar-refractivity contribution is 9.10. The number of nitrogens with zero attached hydrogens (tertiary/aromatic N) is 1. The lowest BCUT2D eigenvalue weighted by molar-refractivity contribution is -0.0835. The zero-order chi connectivity index (χ0) is 26.4. The third-order valence-electron chi connectivity index (χ3n) is 7.11. The predicted octanol–water partition coefficient (Wildman–Crippen LogP) is 5.04. The van der Waals surface area contributed by atoms with Crippen LogP contribution in [0.25, 0.3) is 0 Å². The number of aromatic amines is 1. The molecule has 1 aliphatic carbocycles. The number of benzene rings is 1. The van der Waals surface area contributed by atoms with E-state index in [0.29, 0.717) is 50.7 Å². The summed E-state index contributed by atoms with van der Waals surface area (Å²) in [4.78, 5) is 41.1. The van der Waals surface area contributed by atoms with E-state index in [-0.39, 0.29) is 17.5 Å². The molecule has 0 bridgehead atoms. The molecule has 0 saturated heterocycles. The summed E-state index contributed by atoms with van der Waals surface area (Å²) in [6.07, 6.45) is 2.98. The van der Waals surface area contributed by atoms with Crippen molar-refractivity contribution < 1.29 is 24.2 Å². The number of nitrogens with one attached hydrogen (secondary N) is 2. The van der Waals surface area contributed by atoms with Crippen LogP contribution in [0, 0.1) is 26.7 Å². The highest BCUT2D eigenvalue weighted by Crippen LogP contribution is 2.50. The third kappa shape index (κ3) is 5.09. The molecule has 1 fully saturated rings. The average molecular weight is 562 g/mol. The number of H-pyrrole nitrogens is 1. The molecule has 1 unspecified atom stereocenters. The molecule has 9 nitrogen and oxygen atoms in total. The Balaban J connectivity index is 1.53. The molecule has 1 atom stereocenters. The van der Waals surface area contributed by atoms with Crippen molar-refractivity contribution >= 4 is 33.6 Å². The fourth-order valence-electron chi connectivity index (χ4n) is 5.43. The molecule has 10 heteroatoms. The van der Waals surface area contributed by atoms with Gasteiger partial charge in [0.25, 0.3) is 11.5 Å². The van der Waals surface area contributed by atoms with E-state index in [0.717, 1.165) is 31.4 Å². The van der Waals surface area contributed by atoms with Gasteiger partial charge in [0.15, 0.2) is 11.5 Å². The predicted molar refractivity (Wildman–Crippen MR) is 139 cm³/mol. The third-order valence-corrected chi connectivity index (χ3v) is 7.70. The lowest BCUT2D eigenvalue weighted by Crippen LogP contribution is -2.41. The highest BCUT2D eigenvalue weighted by Gasteiger charge is 2.42. The summed E-state index contributed by atoms with van der Waals surface area (Å²) in [7, 11) is 1.59. The minimum atomic E-state index is -0.984. The van der Waals surface area contributed by atoms with Crippen molar-refractivity contribution in [2.24, 2.45) is 5.92 Å². The van der Waals surface area contributed by atoms with Crippen molar-refractivity contribution in [1.82, 2.24) is 10.3 Å². The number of hydrogen-bond acceptors (Lipinski definition) is 5. The first-order valence-corrected chi connectivity index (χ1v) is 12.9. The van der Waals surface area contributed by atoms with Gasteiger partial charge in [-0.05, 0) is 86.0 Å². The van der Waals surface area contributed by atoms with Crippen LogP contribution in [0.1, 0.15) is 66.2 Å². The van der Waals surface area contributed by atoms with E-state index in [1.165, 1.54) is 4.90 Å². The number of hydrogen-bond donors (Lipinski definition) is 3. The quantitative estimate of drug-likeness (QED) is 0.470. The molecule has 0 spiro atoms. The lowest BCUT2D eigenvalue weighted by Gasteiger charge is -2.33. The van der Waals surface area contributed by atoms with Gasteiger partial charge >= 0.3 is 6.09 Å². The van der Waals surface area contributed by atoms with Crippen LogP contribution in [0.3, 0.4) is 0 Å². The van der Waals surface area contributed by atoms with Gasteiger partial charge in [0.1, 0.15) is 5.69 Å². The first-order chi connectivity index (χ1) is 16.9.